The first-order valence-corrected chi connectivity index (χ1v) is 8.73. The molecule has 2 unspecified atom stereocenters. The van der Waals surface area contributed by atoms with E-state index in [2.05, 4.69) is 5.32 Å². The van der Waals surface area contributed by atoms with Crippen LogP contribution in [-0.4, -0.2) is 27.3 Å². The standard InChI is InChI=1S/C14H15NO3S2/c1-15-14-10-5-2-3-6-11(10)18-9-12(14)20(16,17)13-7-4-8-19-13/h2-8,12,14-15H,9H2,1H3. The number of hydrogen-bond acceptors (Lipinski definition) is 5. The predicted molar refractivity (Wildman–Crippen MR) is 79.0 cm³/mol. The molecule has 106 valence electrons. The number of nitrogens with one attached hydrogen (secondary N) is 1. The lowest BCUT2D eigenvalue weighted by atomic mass is 10.0. The molecule has 1 aliphatic heterocycles. The second-order valence-electron chi connectivity index (χ2n) is 4.63. The molecule has 0 saturated heterocycles. The molecule has 0 spiro atoms. The van der Waals surface area contributed by atoms with E-state index in [4.69, 9.17) is 4.74 Å². The molecular formula is C14H15NO3S2. The summed E-state index contributed by atoms with van der Waals surface area (Å²) >= 11 is 1.25. The van der Waals surface area contributed by atoms with Gasteiger partial charge in [-0.3, -0.25) is 0 Å². The van der Waals surface area contributed by atoms with Gasteiger partial charge in [0, 0.05) is 5.56 Å². The molecule has 1 aliphatic rings. The Morgan fingerprint density at radius 2 is 2.05 bits per heavy atom. The number of ether oxygens (including phenoxy) is 1. The zero-order chi connectivity index (χ0) is 14.2. The maximum Gasteiger partial charge on any atom is 0.195 e. The van der Waals surface area contributed by atoms with E-state index >= 15 is 0 Å². The fraction of sp³-hybridized carbons (Fsp3) is 0.286. The largest absolute Gasteiger partial charge is 0.492 e. The van der Waals surface area contributed by atoms with Gasteiger partial charge in [-0.2, -0.15) is 0 Å². The predicted octanol–water partition coefficient (Wildman–Crippen LogP) is 2.24. The number of para-hydroxylation sites is 1. The van der Waals surface area contributed by atoms with E-state index in [1.807, 2.05) is 24.3 Å². The van der Waals surface area contributed by atoms with Crippen molar-refractivity contribution in [2.75, 3.05) is 13.7 Å². The van der Waals surface area contributed by atoms with E-state index in [-0.39, 0.29) is 12.6 Å². The van der Waals surface area contributed by atoms with Crippen LogP contribution in [0.1, 0.15) is 11.6 Å². The molecule has 6 heteroatoms. The van der Waals surface area contributed by atoms with Crippen molar-refractivity contribution in [2.45, 2.75) is 15.5 Å². The fourth-order valence-electron chi connectivity index (χ4n) is 2.52. The summed E-state index contributed by atoms with van der Waals surface area (Å²) < 4.78 is 31.5. The first-order chi connectivity index (χ1) is 9.64. The molecule has 0 radical (unpaired) electrons. The Morgan fingerprint density at radius 3 is 2.75 bits per heavy atom. The smallest absolute Gasteiger partial charge is 0.195 e. The van der Waals surface area contributed by atoms with Crippen molar-refractivity contribution in [2.24, 2.45) is 0 Å². The van der Waals surface area contributed by atoms with Crippen molar-refractivity contribution in [1.29, 1.82) is 0 Å². The average molecular weight is 309 g/mol. The van der Waals surface area contributed by atoms with Crippen molar-refractivity contribution in [3.63, 3.8) is 0 Å². The van der Waals surface area contributed by atoms with Crippen LogP contribution in [0.5, 0.6) is 5.75 Å². The third-order valence-corrected chi connectivity index (χ3v) is 7.06. The lowest BCUT2D eigenvalue weighted by molar-refractivity contribution is 0.259. The summed E-state index contributed by atoms with van der Waals surface area (Å²) in [4.78, 5) is 0. The van der Waals surface area contributed by atoms with Gasteiger partial charge in [-0.05, 0) is 24.6 Å². The number of hydrogen-bond donors (Lipinski definition) is 1. The number of benzene rings is 1. The van der Waals surface area contributed by atoms with Gasteiger partial charge in [0.2, 0.25) is 0 Å². The van der Waals surface area contributed by atoms with Crippen molar-refractivity contribution in [3.8, 4) is 5.75 Å². The summed E-state index contributed by atoms with van der Waals surface area (Å²) in [5.74, 6) is 0.754. The van der Waals surface area contributed by atoms with E-state index in [0.29, 0.717) is 4.21 Å². The second-order valence-corrected chi connectivity index (χ2v) is 7.97. The number of sulfone groups is 1. The Morgan fingerprint density at radius 1 is 1.25 bits per heavy atom. The Labute approximate surface area is 122 Å². The summed E-state index contributed by atoms with van der Waals surface area (Å²) in [6.45, 7) is 0.169. The van der Waals surface area contributed by atoms with Gasteiger partial charge in [-0.25, -0.2) is 8.42 Å². The summed E-state index contributed by atoms with van der Waals surface area (Å²) in [5.41, 5.74) is 0.895. The van der Waals surface area contributed by atoms with Gasteiger partial charge >= 0.3 is 0 Å². The van der Waals surface area contributed by atoms with E-state index in [9.17, 15) is 8.42 Å². The molecule has 2 heterocycles. The second kappa shape index (κ2) is 5.20. The zero-order valence-corrected chi connectivity index (χ0v) is 12.6. The molecule has 0 saturated carbocycles. The van der Waals surface area contributed by atoms with Crippen LogP contribution in [0.2, 0.25) is 0 Å². The van der Waals surface area contributed by atoms with Crippen molar-refractivity contribution in [3.05, 3.63) is 47.3 Å². The highest BCUT2D eigenvalue weighted by atomic mass is 32.2. The van der Waals surface area contributed by atoms with Crippen molar-refractivity contribution in [1.82, 2.24) is 5.32 Å². The number of thiophene rings is 1. The van der Waals surface area contributed by atoms with Gasteiger partial charge in [-0.1, -0.05) is 24.3 Å². The topological polar surface area (TPSA) is 55.4 Å². The van der Waals surface area contributed by atoms with E-state index in [1.165, 1.54) is 11.3 Å². The van der Waals surface area contributed by atoms with E-state index in [1.54, 1.807) is 24.6 Å². The summed E-state index contributed by atoms with van der Waals surface area (Å²) in [5, 5.41) is 4.29. The first-order valence-electron chi connectivity index (χ1n) is 6.31. The third kappa shape index (κ3) is 2.13. The molecular weight excluding hydrogens is 294 g/mol. The molecule has 1 aromatic carbocycles. The average Bonchev–Trinajstić information content (AvgIpc) is 3.00. The maximum atomic E-state index is 12.7. The highest BCUT2D eigenvalue weighted by molar-refractivity contribution is 7.94. The SMILES string of the molecule is CNC1c2ccccc2OCC1S(=O)(=O)c1cccs1. The normalized spacial score (nSPS) is 22.1. The molecule has 1 N–H and O–H groups in total. The maximum absolute atomic E-state index is 12.7. The number of fused-ring (bicyclic) bond motifs is 1. The summed E-state index contributed by atoms with van der Waals surface area (Å²) in [6.07, 6.45) is 0. The monoisotopic (exact) mass is 309 g/mol. The molecule has 2 aromatic rings. The quantitative estimate of drug-likeness (QED) is 0.945. The zero-order valence-electron chi connectivity index (χ0n) is 10.9. The van der Waals surface area contributed by atoms with E-state index in [0.717, 1.165) is 11.3 Å². The van der Waals surface area contributed by atoms with Gasteiger partial charge in [0.1, 0.15) is 21.8 Å². The molecule has 2 atom stereocenters. The van der Waals surface area contributed by atoms with Crippen LogP contribution in [0, 0.1) is 0 Å². The first kappa shape index (κ1) is 13.6. The Balaban J connectivity index is 2.04. The van der Waals surface area contributed by atoms with Gasteiger partial charge in [0.15, 0.2) is 9.84 Å². The minimum absolute atomic E-state index is 0.169. The van der Waals surface area contributed by atoms with Crippen molar-refractivity contribution < 1.29 is 13.2 Å². The fourth-order valence-corrected chi connectivity index (χ4v) is 5.50. The highest BCUT2D eigenvalue weighted by Gasteiger charge is 2.40. The Hall–Kier alpha value is -1.37. The molecule has 0 fully saturated rings. The molecule has 1 aromatic heterocycles. The minimum atomic E-state index is -3.39. The van der Waals surface area contributed by atoms with Crippen LogP contribution in [-0.2, 0) is 9.84 Å². The molecule has 0 amide bonds. The van der Waals surface area contributed by atoms with Crippen LogP contribution in [0.3, 0.4) is 0 Å². The van der Waals surface area contributed by atoms with Crippen LogP contribution >= 0.6 is 11.3 Å². The van der Waals surface area contributed by atoms with Crippen LogP contribution in [0.4, 0.5) is 0 Å². The Kier molecular flexibility index (Phi) is 3.54. The number of rotatable bonds is 3. The van der Waals surface area contributed by atoms with Crippen molar-refractivity contribution >= 4 is 21.2 Å². The van der Waals surface area contributed by atoms with Crippen LogP contribution in [0.15, 0.2) is 46.0 Å². The lowest BCUT2D eigenvalue weighted by Crippen LogP contribution is -2.42. The van der Waals surface area contributed by atoms with Gasteiger partial charge < -0.3 is 10.1 Å². The third-order valence-electron chi connectivity index (χ3n) is 3.51. The van der Waals surface area contributed by atoms with E-state index < -0.39 is 15.1 Å². The highest BCUT2D eigenvalue weighted by Crippen LogP contribution is 2.37. The molecule has 20 heavy (non-hydrogen) atoms. The Bertz CT molecular complexity index is 695. The van der Waals surface area contributed by atoms with Crippen LogP contribution < -0.4 is 10.1 Å². The van der Waals surface area contributed by atoms with Gasteiger partial charge in [0.25, 0.3) is 0 Å². The molecule has 3 rings (SSSR count). The molecule has 0 aliphatic carbocycles. The van der Waals surface area contributed by atoms with Crippen LogP contribution in [0.25, 0.3) is 0 Å². The minimum Gasteiger partial charge on any atom is -0.492 e. The lowest BCUT2D eigenvalue weighted by Gasteiger charge is -2.32. The molecule has 0 bridgehead atoms. The van der Waals surface area contributed by atoms with Gasteiger partial charge in [0.05, 0.1) is 6.04 Å². The summed E-state index contributed by atoms with van der Waals surface area (Å²) in [6, 6.07) is 10.7. The molecule has 4 nitrogen and oxygen atoms in total. The van der Waals surface area contributed by atoms with Gasteiger partial charge in [-0.15, -0.1) is 11.3 Å². The summed E-state index contributed by atoms with van der Waals surface area (Å²) in [7, 11) is -1.61.